The second kappa shape index (κ2) is 2.66. The minimum absolute atomic E-state index is 0.0417. The molecule has 0 spiro atoms. The number of rotatable bonds is 1. The summed E-state index contributed by atoms with van der Waals surface area (Å²) in [6, 6.07) is 2.55. The van der Waals surface area contributed by atoms with Gasteiger partial charge in [0.05, 0.1) is 5.97 Å². The molecule has 1 aromatic heterocycles. The normalized spacial score (nSPS) is 9.30. The number of carbonyl (C=O) groups is 1. The molecule has 0 aromatic carbocycles. The van der Waals surface area contributed by atoms with E-state index in [-0.39, 0.29) is 10.7 Å². The molecule has 1 aromatic rings. The van der Waals surface area contributed by atoms with Crippen molar-refractivity contribution < 1.29 is 9.90 Å². The molecule has 52 valence electrons. The van der Waals surface area contributed by atoms with Crippen LogP contribution in [0.1, 0.15) is 10.4 Å². The fraction of sp³-hybridized carbons (Fsp3) is 0. The van der Waals surface area contributed by atoms with Gasteiger partial charge >= 0.3 is 0 Å². The van der Waals surface area contributed by atoms with Crippen LogP contribution in [0.4, 0.5) is 0 Å². The summed E-state index contributed by atoms with van der Waals surface area (Å²) in [4.78, 5) is 13.8. The zero-order valence-corrected chi connectivity index (χ0v) is 5.63. The number of carboxylic acid groups (broad SMARTS) is 1. The number of pyridine rings is 1. The van der Waals surface area contributed by atoms with Crippen molar-refractivity contribution in [2.45, 2.75) is 0 Å². The summed E-state index contributed by atoms with van der Waals surface area (Å²) in [6.07, 6.45) is 1.31. The molecule has 0 bridgehead atoms. The summed E-state index contributed by atoms with van der Waals surface area (Å²) in [7, 11) is 0. The second-order valence-electron chi connectivity index (χ2n) is 1.65. The van der Waals surface area contributed by atoms with Gasteiger partial charge in [-0.1, -0.05) is 11.6 Å². The van der Waals surface area contributed by atoms with Gasteiger partial charge in [-0.3, -0.25) is 0 Å². The predicted molar refractivity (Wildman–Crippen MR) is 33.6 cm³/mol. The highest BCUT2D eigenvalue weighted by Crippen LogP contribution is 2.05. The Balaban J connectivity index is 3.07. The molecule has 1 rings (SSSR count). The number of hydrogen-bond acceptors (Lipinski definition) is 3. The molecule has 3 nitrogen and oxygen atoms in total. The molecule has 0 atom stereocenters. The molecular weight excluding hydrogens is 154 g/mol. The highest BCUT2D eigenvalue weighted by Gasteiger charge is 1.92. The van der Waals surface area contributed by atoms with Gasteiger partial charge in [-0.25, -0.2) is 4.98 Å². The first-order valence-corrected chi connectivity index (χ1v) is 2.91. The minimum Gasteiger partial charge on any atom is -0.545 e. The highest BCUT2D eigenvalue weighted by atomic mass is 35.5. The number of carboxylic acids is 1. The van der Waals surface area contributed by atoms with Crippen LogP contribution in [0.5, 0.6) is 0 Å². The number of halogens is 1. The average molecular weight is 157 g/mol. The third-order valence-corrected chi connectivity index (χ3v) is 1.17. The maximum atomic E-state index is 10.2. The summed E-state index contributed by atoms with van der Waals surface area (Å²) in [5.41, 5.74) is 0.0417. The van der Waals surface area contributed by atoms with E-state index in [1.807, 2.05) is 0 Å². The van der Waals surface area contributed by atoms with E-state index in [2.05, 4.69) is 4.98 Å². The first-order valence-electron chi connectivity index (χ1n) is 2.53. The topological polar surface area (TPSA) is 53.0 Å². The Morgan fingerprint density at radius 2 is 2.40 bits per heavy atom. The van der Waals surface area contributed by atoms with E-state index >= 15 is 0 Å². The van der Waals surface area contributed by atoms with Crippen LogP contribution >= 0.6 is 11.6 Å². The third kappa shape index (κ3) is 1.45. The molecular formula is C6H3ClNO2-. The van der Waals surface area contributed by atoms with Crippen molar-refractivity contribution in [2.24, 2.45) is 0 Å². The number of hydrogen-bond donors (Lipinski definition) is 0. The Morgan fingerprint density at radius 1 is 1.70 bits per heavy atom. The molecule has 0 amide bonds. The van der Waals surface area contributed by atoms with E-state index < -0.39 is 5.97 Å². The maximum Gasteiger partial charge on any atom is 0.129 e. The Morgan fingerprint density at radius 3 is 2.80 bits per heavy atom. The number of nitrogens with zero attached hydrogens (tertiary/aromatic N) is 1. The Kier molecular flexibility index (Phi) is 1.87. The van der Waals surface area contributed by atoms with E-state index in [1.54, 1.807) is 0 Å². The van der Waals surface area contributed by atoms with Gasteiger partial charge in [0.2, 0.25) is 0 Å². The molecule has 0 saturated heterocycles. The lowest BCUT2D eigenvalue weighted by atomic mass is 10.3. The number of aromatic nitrogens is 1. The summed E-state index contributed by atoms with van der Waals surface area (Å²) < 4.78 is 0. The lowest BCUT2D eigenvalue weighted by Crippen LogP contribution is -2.22. The molecule has 10 heavy (non-hydrogen) atoms. The third-order valence-electron chi connectivity index (χ3n) is 0.962. The van der Waals surface area contributed by atoms with Gasteiger partial charge in [0.15, 0.2) is 0 Å². The van der Waals surface area contributed by atoms with Crippen LogP contribution in [-0.4, -0.2) is 11.0 Å². The SMILES string of the molecule is O=C([O-])c1ccnc(Cl)c1. The average Bonchev–Trinajstić information content (AvgIpc) is 1.88. The fourth-order valence-electron chi connectivity index (χ4n) is 0.529. The predicted octanol–water partition coefficient (Wildman–Crippen LogP) is 0.0985. The summed E-state index contributed by atoms with van der Waals surface area (Å²) in [6.45, 7) is 0. The zero-order valence-electron chi connectivity index (χ0n) is 4.87. The molecule has 1 heterocycles. The molecule has 0 saturated carbocycles. The monoisotopic (exact) mass is 156 g/mol. The molecule has 0 N–H and O–H groups in total. The zero-order chi connectivity index (χ0) is 7.56. The van der Waals surface area contributed by atoms with Crippen LogP contribution < -0.4 is 5.11 Å². The van der Waals surface area contributed by atoms with Crippen molar-refractivity contribution in [3.8, 4) is 0 Å². The Labute approximate surface area is 62.3 Å². The van der Waals surface area contributed by atoms with Gasteiger partial charge in [-0.05, 0) is 12.1 Å². The van der Waals surface area contributed by atoms with Gasteiger partial charge in [-0.2, -0.15) is 0 Å². The summed E-state index contributed by atoms with van der Waals surface area (Å²) >= 11 is 5.39. The van der Waals surface area contributed by atoms with E-state index in [4.69, 9.17) is 11.6 Å². The van der Waals surface area contributed by atoms with Crippen molar-refractivity contribution in [2.75, 3.05) is 0 Å². The summed E-state index contributed by atoms with van der Waals surface area (Å²) in [5, 5.41) is 10.3. The molecule has 0 unspecified atom stereocenters. The Hall–Kier alpha value is -1.09. The van der Waals surface area contributed by atoms with Gasteiger partial charge < -0.3 is 9.90 Å². The van der Waals surface area contributed by atoms with Crippen molar-refractivity contribution in [1.29, 1.82) is 0 Å². The van der Waals surface area contributed by atoms with Crippen LogP contribution in [-0.2, 0) is 0 Å². The highest BCUT2D eigenvalue weighted by molar-refractivity contribution is 6.29. The first-order chi connectivity index (χ1) is 4.70. The lowest BCUT2D eigenvalue weighted by molar-refractivity contribution is -0.255. The van der Waals surface area contributed by atoms with E-state index in [9.17, 15) is 9.90 Å². The van der Waals surface area contributed by atoms with E-state index in [0.29, 0.717) is 0 Å². The minimum atomic E-state index is -1.25. The lowest BCUT2D eigenvalue weighted by Gasteiger charge is -1.99. The Bertz CT molecular complexity index is 262. The van der Waals surface area contributed by atoms with Crippen molar-refractivity contribution >= 4 is 17.6 Å². The summed E-state index contributed by atoms with van der Waals surface area (Å²) in [5.74, 6) is -1.25. The van der Waals surface area contributed by atoms with E-state index in [1.165, 1.54) is 18.3 Å². The first kappa shape index (κ1) is 7.02. The van der Waals surface area contributed by atoms with E-state index in [0.717, 1.165) is 0 Å². The largest absolute Gasteiger partial charge is 0.545 e. The molecule has 0 aliphatic carbocycles. The molecule has 4 heteroatoms. The van der Waals surface area contributed by atoms with Crippen molar-refractivity contribution in [3.63, 3.8) is 0 Å². The molecule has 0 aliphatic rings. The van der Waals surface area contributed by atoms with Crippen LogP contribution in [0.2, 0.25) is 5.15 Å². The van der Waals surface area contributed by atoms with Gasteiger partial charge in [0.25, 0.3) is 0 Å². The van der Waals surface area contributed by atoms with Crippen LogP contribution in [0, 0.1) is 0 Å². The van der Waals surface area contributed by atoms with Gasteiger partial charge in [0, 0.05) is 11.8 Å². The molecule has 0 fully saturated rings. The van der Waals surface area contributed by atoms with Crippen LogP contribution in [0.3, 0.4) is 0 Å². The van der Waals surface area contributed by atoms with Crippen LogP contribution in [0.15, 0.2) is 18.3 Å². The quantitative estimate of drug-likeness (QED) is 0.542. The van der Waals surface area contributed by atoms with Gasteiger partial charge in [0.1, 0.15) is 5.15 Å². The smallest absolute Gasteiger partial charge is 0.129 e. The van der Waals surface area contributed by atoms with Crippen molar-refractivity contribution in [3.05, 3.63) is 29.0 Å². The fourth-order valence-corrected chi connectivity index (χ4v) is 0.703. The molecule has 0 aliphatic heterocycles. The van der Waals surface area contributed by atoms with Gasteiger partial charge in [-0.15, -0.1) is 0 Å². The maximum absolute atomic E-state index is 10.2. The number of aromatic carboxylic acids is 1. The number of carbonyl (C=O) groups excluding carboxylic acids is 1. The standard InChI is InChI=1S/C6H4ClNO2/c7-5-3-4(6(9)10)1-2-8-5/h1-3H,(H,9,10)/p-1. The molecule has 0 radical (unpaired) electrons. The van der Waals surface area contributed by atoms with Crippen LogP contribution in [0.25, 0.3) is 0 Å². The van der Waals surface area contributed by atoms with Crippen molar-refractivity contribution in [1.82, 2.24) is 4.98 Å². The second-order valence-corrected chi connectivity index (χ2v) is 2.04.